The van der Waals surface area contributed by atoms with E-state index in [-0.39, 0.29) is 5.41 Å². The molecule has 2 atom stereocenters. The molecule has 0 aromatic carbocycles. The number of halogens is 3. The first kappa shape index (κ1) is 22.3. The van der Waals surface area contributed by atoms with E-state index < -0.39 is 11.9 Å². The minimum atomic E-state index is -4.39. The molecule has 1 saturated heterocycles. The summed E-state index contributed by atoms with van der Waals surface area (Å²) < 4.78 is 40.3. The minimum Gasteiger partial charge on any atom is -0.304 e. The molecule has 11 heteroatoms. The molecule has 7 nitrogen and oxygen atoms in total. The van der Waals surface area contributed by atoms with Gasteiger partial charge in [-0.25, -0.2) is 4.98 Å². The van der Waals surface area contributed by atoms with Crippen LogP contribution < -0.4 is 0 Å². The average molecular weight is 476 g/mol. The molecule has 2 aliphatic rings. The van der Waals surface area contributed by atoms with Crippen LogP contribution in [0.1, 0.15) is 29.8 Å². The van der Waals surface area contributed by atoms with Gasteiger partial charge >= 0.3 is 6.18 Å². The van der Waals surface area contributed by atoms with Gasteiger partial charge in [0, 0.05) is 43.7 Å². The van der Waals surface area contributed by atoms with Gasteiger partial charge in [-0.1, -0.05) is 17.8 Å². The second-order valence-corrected chi connectivity index (χ2v) is 9.89. The van der Waals surface area contributed by atoms with Crippen LogP contribution in [0.2, 0.25) is 0 Å². The number of piperidine rings is 1. The molecule has 2 unspecified atom stereocenters. The number of likely N-dealkylation sites (tertiary alicyclic amines) is 1. The Morgan fingerprint density at radius 1 is 1.12 bits per heavy atom. The fourth-order valence-electron chi connectivity index (χ4n) is 4.68. The summed E-state index contributed by atoms with van der Waals surface area (Å²) >= 11 is 1.66. The number of hydrogen-bond donors (Lipinski definition) is 0. The van der Waals surface area contributed by atoms with E-state index in [4.69, 9.17) is 0 Å². The number of nitrogens with zero attached hydrogens (tertiary/aromatic N) is 7. The third-order valence-electron chi connectivity index (χ3n) is 6.54. The topological polar surface area (TPSA) is 72.6 Å². The monoisotopic (exact) mass is 475 g/mol. The van der Waals surface area contributed by atoms with E-state index >= 15 is 0 Å². The molecule has 0 bridgehead atoms. The lowest BCUT2D eigenvalue weighted by atomic mass is 9.96. The van der Waals surface area contributed by atoms with E-state index in [1.807, 2.05) is 18.5 Å². The molecule has 174 valence electrons. The fraction of sp³-hybridized carbons (Fsp3) is 0.500. The van der Waals surface area contributed by atoms with E-state index in [0.29, 0.717) is 17.4 Å². The Morgan fingerprint density at radius 2 is 1.97 bits per heavy atom. The van der Waals surface area contributed by atoms with Gasteiger partial charge in [0.1, 0.15) is 11.4 Å². The molecule has 0 N–H and O–H groups in total. The first-order chi connectivity index (χ1) is 15.8. The Kier molecular flexibility index (Phi) is 5.64. The molecule has 2 fully saturated rings. The van der Waals surface area contributed by atoms with Gasteiger partial charge < -0.3 is 9.47 Å². The van der Waals surface area contributed by atoms with Crippen LogP contribution >= 0.6 is 11.8 Å². The number of aromatic nitrogens is 6. The molecule has 0 amide bonds. The van der Waals surface area contributed by atoms with Gasteiger partial charge in [-0.3, -0.25) is 9.97 Å². The summed E-state index contributed by atoms with van der Waals surface area (Å²) in [7, 11) is 1.93. The van der Waals surface area contributed by atoms with Crippen LogP contribution in [0.3, 0.4) is 0 Å². The normalized spacial score (nSPS) is 22.5. The quantitative estimate of drug-likeness (QED) is 0.381. The molecule has 1 saturated carbocycles. The third kappa shape index (κ3) is 4.35. The third-order valence-corrected chi connectivity index (χ3v) is 7.65. The summed E-state index contributed by atoms with van der Waals surface area (Å²) in [6.45, 7) is 4.72. The number of alkyl halides is 3. The summed E-state index contributed by atoms with van der Waals surface area (Å²) in [4.78, 5) is 14.7. The highest BCUT2D eigenvalue weighted by atomic mass is 32.2. The van der Waals surface area contributed by atoms with Gasteiger partial charge in [0.15, 0.2) is 11.0 Å². The van der Waals surface area contributed by atoms with Crippen molar-refractivity contribution in [2.75, 3.05) is 25.4 Å². The van der Waals surface area contributed by atoms with E-state index in [9.17, 15) is 13.2 Å². The van der Waals surface area contributed by atoms with Crippen LogP contribution in [0.4, 0.5) is 13.2 Å². The van der Waals surface area contributed by atoms with Crippen molar-refractivity contribution in [1.82, 2.24) is 34.6 Å². The standard InChI is InChI=1S/C22H24F3N7S/c1-14-9-27-17(11-26-14)19-29-30-20(31(19)2)33-7-3-6-32-12-16-8-21(16,13-32)15-4-5-18(28-10-15)22(23,24)25/h4-5,9-11,16H,3,6-8,12-13H2,1-2H3. The zero-order valence-electron chi connectivity index (χ0n) is 18.4. The zero-order chi connectivity index (χ0) is 23.2. The predicted octanol–water partition coefficient (Wildman–Crippen LogP) is 3.75. The molecule has 1 aliphatic heterocycles. The molecule has 0 radical (unpaired) electrons. The van der Waals surface area contributed by atoms with E-state index in [0.717, 1.165) is 60.7 Å². The maximum Gasteiger partial charge on any atom is 0.433 e. The fourth-order valence-corrected chi connectivity index (χ4v) is 5.52. The van der Waals surface area contributed by atoms with Crippen LogP contribution in [0.15, 0.2) is 35.9 Å². The molecule has 5 rings (SSSR count). The number of thioether (sulfide) groups is 1. The molecule has 1 aliphatic carbocycles. The first-order valence-corrected chi connectivity index (χ1v) is 11.8. The van der Waals surface area contributed by atoms with Crippen molar-refractivity contribution in [1.29, 1.82) is 0 Å². The summed E-state index contributed by atoms with van der Waals surface area (Å²) in [6, 6.07) is 2.72. The Morgan fingerprint density at radius 3 is 2.67 bits per heavy atom. The Balaban J connectivity index is 1.12. The Labute approximate surface area is 193 Å². The van der Waals surface area contributed by atoms with Crippen molar-refractivity contribution in [3.8, 4) is 11.5 Å². The lowest BCUT2D eigenvalue weighted by molar-refractivity contribution is -0.141. The number of aryl methyl sites for hydroxylation is 1. The lowest BCUT2D eigenvalue weighted by Crippen LogP contribution is -2.28. The molecular weight excluding hydrogens is 451 g/mol. The second-order valence-electron chi connectivity index (χ2n) is 8.83. The van der Waals surface area contributed by atoms with Crippen LogP contribution in [-0.4, -0.2) is 60.0 Å². The van der Waals surface area contributed by atoms with Gasteiger partial charge in [-0.2, -0.15) is 13.2 Å². The first-order valence-electron chi connectivity index (χ1n) is 10.8. The van der Waals surface area contributed by atoms with Crippen LogP contribution in [0.25, 0.3) is 11.5 Å². The smallest absolute Gasteiger partial charge is 0.304 e. The predicted molar refractivity (Wildman–Crippen MR) is 118 cm³/mol. The van der Waals surface area contributed by atoms with Crippen molar-refractivity contribution in [2.24, 2.45) is 13.0 Å². The summed E-state index contributed by atoms with van der Waals surface area (Å²) in [5, 5.41) is 9.38. The van der Waals surface area contributed by atoms with Gasteiger partial charge in [0.2, 0.25) is 0 Å². The van der Waals surface area contributed by atoms with Crippen LogP contribution in [-0.2, 0) is 18.6 Å². The highest BCUT2D eigenvalue weighted by Crippen LogP contribution is 2.58. The Bertz CT molecular complexity index is 1130. The summed E-state index contributed by atoms with van der Waals surface area (Å²) in [6.07, 6.45) is 2.47. The van der Waals surface area contributed by atoms with Gasteiger partial charge in [-0.15, -0.1) is 10.2 Å². The molecule has 0 spiro atoms. The summed E-state index contributed by atoms with van der Waals surface area (Å²) in [5.74, 6) is 2.11. The van der Waals surface area contributed by atoms with Crippen molar-refractivity contribution >= 4 is 11.8 Å². The van der Waals surface area contributed by atoms with Crippen LogP contribution in [0, 0.1) is 12.8 Å². The van der Waals surface area contributed by atoms with E-state index in [2.05, 4.69) is 30.0 Å². The van der Waals surface area contributed by atoms with Gasteiger partial charge in [0.05, 0.1) is 11.9 Å². The zero-order valence-corrected chi connectivity index (χ0v) is 19.2. The lowest BCUT2D eigenvalue weighted by Gasteiger charge is -2.21. The minimum absolute atomic E-state index is 0.0160. The Hall–Kier alpha value is -2.53. The second kappa shape index (κ2) is 8.35. The van der Waals surface area contributed by atoms with Crippen molar-refractivity contribution in [3.05, 3.63) is 47.7 Å². The number of pyridine rings is 1. The number of rotatable bonds is 7. The van der Waals surface area contributed by atoms with Gasteiger partial charge in [-0.05, 0) is 43.9 Å². The van der Waals surface area contributed by atoms with E-state index in [1.165, 1.54) is 6.20 Å². The maximum absolute atomic E-state index is 12.8. The largest absolute Gasteiger partial charge is 0.433 e. The van der Waals surface area contributed by atoms with Crippen molar-refractivity contribution in [3.63, 3.8) is 0 Å². The molecule has 3 aromatic rings. The highest BCUT2D eigenvalue weighted by molar-refractivity contribution is 7.99. The average Bonchev–Trinajstić information content (AvgIpc) is 3.16. The SMILES string of the molecule is Cc1cnc(-c2nnc(SCCCN3CC4CC4(c4ccc(C(F)(F)F)nc4)C3)n2C)cn1. The number of hydrogen-bond acceptors (Lipinski definition) is 7. The van der Waals surface area contributed by atoms with Gasteiger partial charge in [0.25, 0.3) is 0 Å². The molecular formula is C22H24F3N7S. The molecule has 4 heterocycles. The maximum atomic E-state index is 12.8. The molecule has 3 aromatic heterocycles. The van der Waals surface area contributed by atoms with Crippen molar-refractivity contribution < 1.29 is 13.2 Å². The summed E-state index contributed by atoms with van der Waals surface area (Å²) in [5.41, 5.74) is 1.64. The van der Waals surface area contributed by atoms with E-state index in [1.54, 1.807) is 30.2 Å². The highest BCUT2D eigenvalue weighted by Gasteiger charge is 2.60. The molecule has 33 heavy (non-hydrogen) atoms. The van der Waals surface area contributed by atoms with Crippen molar-refractivity contribution in [2.45, 2.75) is 36.5 Å². The number of fused-ring (bicyclic) bond motifs is 1. The van der Waals surface area contributed by atoms with Crippen LogP contribution in [0.5, 0.6) is 0 Å².